The monoisotopic (exact) mass is 1280 g/mol. The maximum Gasteiger partial charge on any atom is 0.256 e. The first-order valence-electron chi connectivity index (χ1n) is 24.2. The van der Waals surface area contributed by atoms with Crippen molar-refractivity contribution in [3.63, 3.8) is 0 Å². The Bertz CT molecular complexity index is 2150. The van der Waals surface area contributed by atoms with E-state index in [0.717, 1.165) is 68.6 Å². The van der Waals surface area contributed by atoms with Gasteiger partial charge in [-0.2, -0.15) is 36.3 Å². The second-order valence-corrected chi connectivity index (χ2v) is 15.9. The number of nitrogens with zero attached hydrogens (tertiary/aromatic N) is 8. The van der Waals surface area contributed by atoms with Crippen LogP contribution in [-0.4, -0.2) is 83.7 Å². The Balaban J connectivity index is -0.000000438. The molecule has 0 unspecified atom stereocenters. The number of carbonyl (C=O) groups is 1. The summed E-state index contributed by atoms with van der Waals surface area (Å²) in [5.41, 5.74) is 7.09. The SMILES string of the molecule is C=NOCc1ccccc1.C=O.CCCNc1nc(Cl)nc(NCCC)n1.CCCNc1nc(NCCC)nc(N(C)OCc2ccccc2)n1.CC[CH-]I.CNOCc1ccccc1.Cl.Cl.NOCc1ccccc1.[V]. The molecule has 6 aromatic rings. The number of nitrogens with two attached hydrogens (primary N) is 1. The molecule has 2 aromatic heterocycles. The zero-order valence-corrected chi connectivity index (χ0v) is 51.4. The summed E-state index contributed by atoms with van der Waals surface area (Å²) >= 11 is 7.99. The van der Waals surface area contributed by atoms with E-state index in [4.69, 9.17) is 36.8 Å². The molecule has 0 aliphatic heterocycles. The predicted octanol–water partition coefficient (Wildman–Crippen LogP) is 12.1. The van der Waals surface area contributed by atoms with Gasteiger partial charge in [0.25, 0.3) is 5.95 Å². The summed E-state index contributed by atoms with van der Waals surface area (Å²) in [6.45, 7) is 21.0. The average Bonchev–Trinajstić information content (AvgIpc) is 3.45. The third kappa shape index (κ3) is 43.7. The van der Waals surface area contributed by atoms with Crippen LogP contribution in [0.15, 0.2) is 126 Å². The molecule has 1 radical (unpaired) electrons. The first-order chi connectivity index (χ1) is 36.2. The van der Waals surface area contributed by atoms with Crippen LogP contribution in [0.3, 0.4) is 0 Å². The van der Waals surface area contributed by atoms with Crippen LogP contribution < -0.4 is 37.7 Å². The minimum atomic E-state index is 0. The van der Waals surface area contributed by atoms with Crippen molar-refractivity contribution < 1.29 is 42.7 Å². The van der Waals surface area contributed by atoms with Gasteiger partial charge in [-0.1, -0.05) is 156 Å². The van der Waals surface area contributed by atoms with Crippen LogP contribution in [0.4, 0.5) is 29.7 Å². The van der Waals surface area contributed by atoms with E-state index in [-0.39, 0.29) is 48.7 Å². The molecule has 6 rings (SSSR count). The largest absolute Gasteiger partial charge is 0.391 e. The molecule has 0 saturated carbocycles. The van der Waals surface area contributed by atoms with Crippen LogP contribution in [-0.2, 0) is 69.1 Å². The van der Waals surface area contributed by atoms with E-state index in [9.17, 15) is 0 Å². The molecule has 0 atom stereocenters. The molecule has 0 bridgehead atoms. The number of anilines is 5. The van der Waals surface area contributed by atoms with Gasteiger partial charge in [0.05, 0.1) is 13.2 Å². The van der Waals surface area contributed by atoms with Gasteiger partial charge in [-0.25, -0.2) is 16.4 Å². The maximum absolute atomic E-state index is 8.00. The van der Waals surface area contributed by atoms with E-state index in [1.54, 1.807) is 19.2 Å². The van der Waals surface area contributed by atoms with Crippen molar-refractivity contribution in [3.8, 4) is 0 Å². The fourth-order valence-electron chi connectivity index (χ4n) is 5.02. The van der Waals surface area contributed by atoms with Crippen LogP contribution in [0, 0.1) is 4.43 Å². The van der Waals surface area contributed by atoms with Gasteiger partial charge in [0.1, 0.15) is 20.0 Å². The third-order valence-corrected chi connectivity index (χ3v) is 9.60. The van der Waals surface area contributed by atoms with Gasteiger partial charge in [0.15, 0.2) is 0 Å². The number of hydrogen-bond donors (Lipinski definition) is 6. The van der Waals surface area contributed by atoms with E-state index >= 15 is 0 Å². The number of hydrogen-bond acceptors (Lipinski definition) is 19. The van der Waals surface area contributed by atoms with Crippen LogP contribution in [0.1, 0.15) is 89.0 Å². The summed E-state index contributed by atoms with van der Waals surface area (Å²) in [6.07, 6.45) is 5.21. The minimum Gasteiger partial charge on any atom is -0.391 e. The van der Waals surface area contributed by atoms with Crippen molar-refractivity contribution in [3.05, 3.63) is 153 Å². The van der Waals surface area contributed by atoms with E-state index < -0.39 is 0 Å². The third-order valence-electron chi connectivity index (χ3n) is 8.55. The Labute approximate surface area is 501 Å². The van der Waals surface area contributed by atoms with Crippen molar-refractivity contribution in [2.75, 3.05) is 66.6 Å². The molecule has 0 fully saturated rings. The molecular formula is C53H81Cl3IN14O5V-. The molecule has 0 aliphatic carbocycles. The van der Waals surface area contributed by atoms with Gasteiger partial charge in [0.2, 0.25) is 29.1 Å². The van der Waals surface area contributed by atoms with Gasteiger partial charge in [-0.15, -0.1) is 30.0 Å². The fraction of sp³-hybridized carbons (Fsp3) is 0.377. The Hall–Kier alpha value is -4.98. The molecule has 0 aliphatic rings. The summed E-state index contributed by atoms with van der Waals surface area (Å²) < 4.78 is 2.09. The first kappa shape index (κ1) is 78.5. The van der Waals surface area contributed by atoms with Crippen LogP contribution in [0.2, 0.25) is 5.28 Å². The molecule has 0 saturated heterocycles. The van der Waals surface area contributed by atoms with Crippen LogP contribution in [0.5, 0.6) is 0 Å². The topological polar surface area (TPSA) is 233 Å². The Morgan fingerprint density at radius 2 is 0.909 bits per heavy atom. The molecule has 24 heteroatoms. The molecular weight excluding hydrogens is 1200 g/mol. The van der Waals surface area contributed by atoms with Crippen molar-refractivity contribution in [2.45, 2.75) is 93.2 Å². The van der Waals surface area contributed by atoms with Gasteiger partial charge >= 0.3 is 0 Å². The van der Waals surface area contributed by atoms with Gasteiger partial charge in [0, 0.05) is 65.5 Å². The van der Waals surface area contributed by atoms with Crippen molar-refractivity contribution in [2.24, 2.45) is 11.1 Å². The minimum absolute atomic E-state index is 0. The van der Waals surface area contributed by atoms with Gasteiger partial charge in [-0.05, 0) is 59.5 Å². The van der Waals surface area contributed by atoms with E-state index in [1.807, 2.05) is 128 Å². The quantitative estimate of drug-likeness (QED) is 0.0135. The average molecular weight is 1280 g/mol. The molecule has 19 nitrogen and oxygen atoms in total. The molecule has 7 N–H and O–H groups in total. The second kappa shape index (κ2) is 57.2. The zero-order chi connectivity index (χ0) is 54.7. The first-order valence-corrected chi connectivity index (χ1v) is 25.9. The number of hydroxylamine groups is 2. The van der Waals surface area contributed by atoms with Crippen molar-refractivity contribution in [1.82, 2.24) is 35.4 Å². The number of oxime groups is 1. The Kier molecular flexibility index (Phi) is 58.3. The Morgan fingerprint density at radius 1 is 0.584 bits per heavy atom. The summed E-state index contributed by atoms with van der Waals surface area (Å²) in [7, 11) is 3.55. The summed E-state index contributed by atoms with van der Waals surface area (Å²) in [4.78, 5) is 53.2. The molecule has 427 valence electrons. The summed E-state index contributed by atoms with van der Waals surface area (Å²) in [5.74, 6) is 7.48. The van der Waals surface area contributed by atoms with Gasteiger partial charge < -0.3 is 53.5 Å². The number of benzene rings is 4. The normalized spacial score (nSPS) is 9.17. The maximum atomic E-state index is 8.00. The van der Waals surface area contributed by atoms with E-state index in [1.165, 1.54) is 12.0 Å². The number of nitrogens with one attached hydrogen (secondary N) is 5. The molecule has 0 spiro atoms. The summed E-state index contributed by atoms with van der Waals surface area (Å²) in [5, 5.41) is 17.6. The Morgan fingerprint density at radius 3 is 1.22 bits per heavy atom. The number of aromatic nitrogens is 6. The molecule has 77 heavy (non-hydrogen) atoms. The standard InChI is InChI=1S/C17H26N6O.C9H16ClN5.C8H11NO.C8H9NO.C7H9NO.C3H6I.CH2O.2ClH.V/c1-4-11-18-15-20-16(19-12-5-2)22-17(21-15)23(3)24-13-14-9-7-6-8-10-14;1-3-5-11-8-13-7(10)14-9(15-8)12-6-4-2;2*1-9-10-7-8-5-3-2-4-6-8;8-9-6-7-4-2-1-3-5-7;1-2-3-4;1-2;;;/h6-10H,4-5,11-13H2,1-3H3,(H2,18,19,20,21,22);3-6H2,1-2H3,(H2,11,12,13,14,15);2-6,9H,7H2,1H3;2-6H,1,7H2;1-5H,6,8H2;3H,2H2,1H3;1H2;2*1H;/q;;;;;-1;;;;. The van der Waals surface area contributed by atoms with Crippen molar-refractivity contribution >= 4 is 102 Å². The predicted molar refractivity (Wildman–Crippen MR) is 326 cm³/mol. The zero-order valence-electron chi connectivity index (χ0n) is 45.4. The molecule has 0 amide bonds. The number of carbonyl (C=O) groups excluding carboxylic acids is 1. The molecule has 2 heterocycles. The second-order valence-electron chi connectivity index (χ2n) is 14.7. The molecule has 4 aromatic carbocycles. The summed E-state index contributed by atoms with van der Waals surface area (Å²) in [6, 6.07) is 39.7. The van der Waals surface area contributed by atoms with Crippen molar-refractivity contribution in [1.29, 1.82) is 0 Å². The smallest absolute Gasteiger partial charge is 0.256 e. The fourth-order valence-corrected chi connectivity index (χ4v) is 5.18. The van der Waals surface area contributed by atoms with Crippen LogP contribution in [0.25, 0.3) is 0 Å². The number of rotatable bonds is 25. The van der Waals surface area contributed by atoms with Gasteiger partial charge in [-0.3, -0.25) is 18.9 Å². The van der Waals surface area contributed by atoms with Crippen LogP contribution >= 0.6 is 59.0 Å². The van der Waals surface area contributed by atoms with E-state index in [0.29, 0.717) is 56.2 Å². The van der Waals surface area contributed by atoms with E-state index in [2.05, 4.69) is 135 Å². The number of halogens is 4.